The first-order valence-corrected chi connectivity index (χ1v) is 12.4. The SMILES string of the molecule is COc1ccc(/C=C2\N=C(SCCOc3ccc(Cl)cc3)N(c3ccc(Cl)c(OC)c3)C2=O)cc1. The molecule has 1 heterocycles. The fraction of sp³-hybridized carbons (Fsp3) is 0.154. The summed E-state index contributed by atoms with van der Waals surface area (Å²) in [6.45, 7) is 0.425. The van der Waals surface area contributed by atoms with E-state index < -0.39 is 0 Å². The first kappa shape index (κ1) is 25.0. The third-order valence-electron chi connectivity index (χ3n) is 5.04. The number of carbonyl (C=O) groups is 1. The second kappa shape index (κ2) is 11.5. The maximum absolute atomic E-state index is 13.4. The molecule has 180 valence electrons. The number of amides is 1. The first-order chi connectivity index (χ1) is 17.0. The minimum Gasteiger partial charge on any atom is -0.497 e. The molecule has 0 aliphatic carbocycles. The van der Waals surface area contributed by atoms with Crippen LogP contribution in [0.4, 0.5) is 5.69 Å². The summed E-state index contributed by atoms with van der Waals surface area (Å²) in [4.78, 5) is 19.6. The number of ether oxygens (including phenoxy) is 3. The fourth-order valence-electron chi connectivity index (χ4n) is 3.29. The smallest absolute Gasteiger partial charge is 0.283 e. The summed E-state index contributed by atoms with van der Waals surface area (Å²) in [5.74, 6) is 2.26. The van der Waals surface area contributed by atoms with Crippen molar-refractivity contribution in [2.24, 2.45) is 4.99 Å². The summed E-state index contributed by atoms with van der Waals surface area (Å²) in [7, 11) is 3.14. The standard InChI is InChI=1S/C26H22Cl2N2O4S/c1-32-20-8-3-17(4-9-20)15-23-25(31)30(19-7-12-22(28)24(16-19)33-2)26(29-23)35-14-13-34-21-10-5-18(27)6-11-21/h3-12,15-16H,13-14H2,1-2H3/b23-15-. The Hall–Kier alpha value is -3.13. The molecule has 1 aliphatic heterocycles. The van der Waals surface area contributed by atoms with Gasteiger partial charge in [-0.05, 0) is 60.2 Å². The van der Waals surface area contributed by atoms with Gasteiger partial charge < -0.3 is 14.2 Å². The van der Waals surface area contributed by atoms with Crippen molar-refractivity contribution in [3.63, 3.8) is 0 Å². The molecule has 0 spiro atoms. The Balaban J connectivity index is 1.56. The molecule has 0 aromatic heterocycles. The number of hydrogen-bond donors (Lipinski definition) is 0. The molecule has 0 fully saturated rings. The van der Waals surface area contributed by atoms with Gasteiger partial charge in [-0.25, -0.2) is 4.99 Å². The van der Waals surface area contributed by atoms with Crippen molar-refractivity contribution in [3.8, 4) is 17.2 Å². The van der Waals surface area contributed by atoms with Crippen LogP contribution in [-0.2, 0) is 4.79 Å². The van der Waals surface area contributed by atoms with Gasteiger partial charge in [-0.15, -0.1) is 0 Å². The Morgan fingerprint density at radius 2 is 1.66 bits per heavy atom. The predicted molar refractivity (Wildman–Crippen MR) is 143 cm³/mol. The maximum atomic E-state index is 13.4. The van der Waals surface area contributed by atoms with Gasteiger partial charge in [-0.2, -0.15) is 0 Å². The maximum Gasteiger partial charge on any atom is 0.283 e. The molecule has 9 heteroatoms. The summed E-state index contributed by atoms with van der Waals surface area (Å²) in [6, 6.07) is 19.8. The molecule has 0 unspecified atom stereocenters. The molecular formula is C26H22Cl2N2O4S. The van der Waals surface area contributed by atoms with E-state index in [0.29, 0.717) is 44.7 Å². The zero-order valence-corrected chi connectivity index (χ0v) is 21.4. The first-order valence-electron chi connectivity index (χ1n) is 10.6. The number of rotatable bonds is 8. The average molecular weight is 529 g/mol. The molecule has 3 aromatic rings. The van der Waals surface area contributed by atoms with E-state index in [0.717, 1.165) is 17.1 Å². The van der Waals surface area contributed by atoms with E-state index in [-0.39, 0.29) is 5.91 Å². The van der Waals surface area contributed by atoms with Crippen LogP contribution in [0.25, 0.3) is 6.08 Å². The van der Waals surface area contributed by atoms with Gasteiger partial charge in [-0.3, -0.25) is 9.69 Å². The number of amidine groups is 1. The van der Waals surface area contributed by atoms with Crippen LogP contribution in [0.1, 0.15) is 5.56 Å². The summed E-state index contributed by atoms with van der Waals surface area (Å²) in [5, 5.41) is 1.65. The number of carbonyl (C=O) groups excluding carboxylic acids is 1. The highest BCUT2D eigenvalue weighted by Crippen LogP contribution is 2.34. The zero-order chi connectivity index (χ0) is 24.8. The molecule has 0 atom stereocenters. The molecule has 0 saturated heterocycles. The largest absolute Gasteiger partial charge is 0.497 e. The molecule has 35 heavy (non-hydrogen) atoms. The molecule has 0 saturated carbocycles. The highest BCUT2D eigenvalue weighted by atomic mass is 35.5. The monoisotopic (exact) mass is 528 g/mol. The molecule has 0 bridgehead atoms. The van der Waals surface area contributed by atoms with E-state index in [1.807, 2.05) is 36.4 Å². The zero-order valence-electron chi connectivity index (χ0n) is 19.0. The second-order valence-electron chi connectivity index (χ2n) is 7.31. The van der Waals surface area contributed by atoms with Gasteiger partial charge in [0.1, 0.15) is 22.9 Å². The number of hydrogen-bond acceptors (Lipinski definition) is 6. The van der Waals surface area contributed by atoms with Crippen LogP contribution in [0, 0.1) is 0 Å². The van der Waals surface area contributed by atoms with Crippen LogP contribution in [-0.4, -0.2) is 37.7 Å². The van der Waals surface area contributed by atoms with E-state index >= 15 is 0 Å². The normalized spacial score (nSPS) is 14.3. The van der Waals surface area contributed by atoms with E-state index in [1.165, 1.54) is 18.9 Å². The van der Waals surface area contributed by atoms with Crippen molar-refractivity contribution in [1.29, 1.82) is 0 Å². The quantitative estimate of drug-likeness (QED) is 0.244. The topological polar surface area (TPSA) is 60.4 Å². The fourth-order valence-corrected chi connectivity index (χ4v) is 4.44. The lowest BCUT2D eigenvalue weighted by atomic mass is 10.2. The molecule has 1 aliphatic rings. The molecule has 0 radical (unpaired) electrons. The van der Waals surface area contributed by atoms with Crippen molar-refractivity contribution >= 4 is 57.8 Å². The average Bonchev–Trinajstić information content (AvgIpc) is 3.18. The van der Waals surface area contributed by atoms with Crippen LogP contribution in [0.15, 0.2) is 77.4 Å². The van der Waals surface area contributed by atoms with Crippen LogP contribution in [0.5, 0.6) is 17.2 Å². The van der Waals surface area contributed by atoms with Crippen molar-refractivity contribution < 1.29 is 19.0 Å². The molecule has 0 N–H and O–H groups in total. The van der Waals surface area contributed by atoms with Gasteiger partial charge in [0, 0.05) is 16.8 Å². The molecule has 1 amide bonds. The minimum absolute atomic E-state index is 0.244. The van der Waals surface area contributed by atoms with E-state index in [4.69, 9.17) is 37.4 Å². The van der Waals surface area contributed by atoms with Gasteiger partial charge in [0.05, 0.1) is 31.5 Å². The van der Waals surface area contributed by atoms with Gasteiger partial charge >= 0.3 is 0 Å². The van der Waals surface area contributed by atoms with Gasteiger partial charge in [0.15, 0.2) is 5.17 Å². The number of nitrogens with zero attached hydrogens (tertiary/aromatic N) is 2. The van der Waals surface area contributed by atoms with E-state index in [9.17, 15) is 4.79 Å². The Morgan fingerprint density at radius 3 is 2.34 bits per heavy atom. The number of anilines is 1. The van der Waals surface area contributed by atoms with Crippen LogP contribution < -0.4 is 19.1 Å². The number of methoxy groups -OCH3 is 2. The van der Waals surface area contributed by atoms with Gasteiger partial charge in [-0.1, -0.05) is 47.1 Å². The van der Waals surface area contributed by atoms with Crippen LogP contribution >= 0.6 is 35.0 Å². The van der Waals surface area contributed by atoms with Crippen molar-refractivity contribution in [1.82, 2.24) is 0 Å². The lowest BCUT2D eigenvalue weighted by Gasteiger charge is -2.19. The van der Waals surface area contributed by atoms with Crippen molar-refractivity contribution in [2.45, 2.75) is 0 Å². The summed E-state index contributed by atoms with van der Waals surface area (Å²) in [6.07, 6.45) is 1.75. The Labute approximate surface area is 218 Å². The minimum atomic E-state index is -0.244. The molecule has 3 aromatic carbocycles. The van der Waals surface area contributed by atoms with E-state index in [2.05, 4.69) is 4.99 Å². The third kappa shape index (κ3) is 6.11. The Bertz CT molecular complexity index is 1260. The number of halogens is 2. The lowest BCUT2D eigenvalue weighted by Crippen LogP contribution is -2.30. The Morgan fingerprint density at radius 1 is 0.943 bits per heavy atom. The van der Waals surface area contributed by atoms with Crippen molar-refractivity contribution in [2.75, 3.05) is 31.5 Å². The number of aliphatic imine (C=N–C) groups is 1. The second-order valence-corrected chi connectivity index (χ2v) is 9.21. The summed E-state index contributed by atoms with van der Waals surface area (Å²) >= 11 is 13.5. The molecule has 4 rings (SSSR count). The summed E-state index contributed by atoms with van der Waals surface area (Å²) < 4.78 is 16.3. The molecular weight excluding hydrogens is 507 g/mol. The Kier molecular flexibility index (Phi) is 8.23. The van der Waals surface area contributed by atoms with Gasteiger partial charge in [0.2, 0.25) is 0 Å². The highest BCUT2D eigenvalue weighted by Gasteiger charge is 2.32. The highest BCUT2D eigenvalue weighted by molar-refractivity contribution is 8.14. The van der Waals surface area contributed by atoms with Crippen molar-refractivity contribution in [3.05, 3.63) is 88.0 Å². The lowest BCUT2D eigenvalue weighted by molar-refractivity contribution is -0.113. The van der Waals surface area contributed by atoms with Crippen LogP contribution in [0.3, 0.4) is 0 Å². The summed E-state index contributed by atoms with van der Waals surface area (Å²) in [5.41, 5.74) is 1.77. The van der Waals surface area contributed by atoms with Gasteiger partial charge in [0.25, 0.3) is 5.91 Å². The number of benzene rings is 3. The van der Waals surface area contributed by atoms with Crippen LogP contribution in [0.2, 0.25) is 10.0 Å². The predicted octanol–water partition coefficient (Wildman–Crippen LogP) is 6.57. The third-order valence-corrected chi connectivity index (χ3v) is 6.51. The molecule has 6 nitrogen and oxygen atoms in total. The number of thioether (sulfide) groups is 1. The van der Waals surface area contributed by atoms with E-state index in [1.54, 1.807) is 48.4 Å².